The van der Waals surface area contributed by atoms with Crippen LogP contribution in [0.5, 0.6) is 0 Å². The Kier molecular flexibility index (Phi) is 6.30. The number of imidazole rings is 1. The van der Waals surface area contributed by atoms with Crippen LogP contribution in [0.2, 0.25) is 0 Å². The predicted octanol–water partition coefficient (Wildman–Crippen LogP) is 3.43. The van der Waals surface area contributed by atoms with Crippen molar-refractivity contribution in [1.29, 1.82) is 0 Å². The number of unbranched alkanes of at least 4 members (excludes halogenated alkanes) is 1. The van der Waals surface area contributed by atoms with Gasteiger partial charge in [0.1, 0.15) is 5.82 Å². The largest absolute Gasteiger partial charge is 0.343 e. The van der Waals surface area contributed by atoms with Crippen molar-refractivity contribution in [1.82, 2.24) is 19.4 Å². The highest BCUT2D eigenvalue weighted by Gasteiger charge is 2.28. The number of carbonyl (C=O) groups is 1. The highest BCUT2D eigenvalue weighted by molar-refractivity contribution is 5.79. The van der Waals surface area contributed by atoms with E-state index < -0.39 is 0 Å². The molecule has 0 bridgehead atoms. The van der Waals surface area contributed by atoms with Crippen LogP contribution in [0.15, 0.2) is 24.3 Å². The van der Waals surface area contributed by atoms with E-state index in [1.807, 2.05) is 6.07 Å². The first-order chi connectivity index (χ1) is 12.6. The van der Waals surface area contributed by atoms with Crippen molar-refractivity contribution in [2.75, 3.05) is 26.2 Å². The average Bonchev–Trinajstić information content (AvgIpc) is 2.99. The molecule has 26 heavy (non-hydrogen) atoms. The number of fused-ring (bicyclic) bond motifs is 1. The summed E-state index contributed by atoms with van der Waals surface area (Å²) in [6, 6.07) is 8.28. The molecule has 0 atom stereocenters. The van der Waals surface area contributed by atoms with Crippen LogP contribution < -0.4 is 0 Å². The first-order valence-electron chi connectivity index (χ1n) is 10.1. The summed E-state index contributed by atoms with van der Waals surface area (Å²) in [4.78, 5) is 22.0. The minimum absolute atomic E-state index is 0.198. The molecule has 0 saturated carbocycles. The number of amides is 1. The van der Waals surface area contributed by atoms with Crippen LogP contribution >= 0.6 is 0 Å². The van der Waals surface area contributed by atoms with Crippen LogP contribution in [0.3, 0.4) is 0 Å². The second kappa shape index (κ2) is 8.67. The van der Waals surface area contributed by atoms with Gasteiger partial charge in [-0.2, -0.15) is 0 Å². The number of benzene rings is 1. The summed E-state index contributed by atoms with van der Waals surface area (Å²) in [5.74, 6) is 1.67. The SMILES string of the molecule is CCCCN(CC)C(=O)C1CCN(Cc2nc3ccccc3n2C)CC1. The van der Waals surface area contributed by atoms with Gasteiger partial charge in [-0.15, -0.1) is 0 Å². The minimum Gasteiger partial charge on any atom is -0.343 e. The van der Waals surface area contributed by atoms with Crippen LogP contribution in [0, 0.1) is 5.92 Å². The van der Waals surface area contributed by atoms with Crippen molar-refractivity contribution in [2.24, 2.45) is 13.0 Å². The van der Waals surface area contributed by atoms with Gasteiger partial charge in [0.15, 0.2) is 0 Å². The van der Waals surface area contributed by atoms with E-state index >= 15 is 0 Å². The van der Waals surface area contributed by atoms with Gasteiger partial charge in [0.2, 0.25) is 5.91 Å². The zero-order valence-electron chi connectivity index (χ0n) is 16.4. The fourth-order valence-corrected chi connectivity index (χ4v) is 3.91. The van der Waals surface area contributed by atoms with Crippen molar-refractivity contribution in [3.05, 3.63) is 30.1 Å². The summed E-state index contributed by atoms with van der Waals surface area (Å²) in [7, 11) is 2.09. The first-order valence-corrected chi connectivity index (χ1v) is 10.1. The van der Waals surface area contributed by atoms with Gasteiger partial charge < -0.3 is 9.47 Å². The number of likely N-dealkylation sites (tertiary alicyclic amines) is 1. The van der Waals surface area contributed by atoms with Crippen LogP contribution in [0.25, 0.3) is 11.0 Å². The number of nitrogens with zero attached hydrogens (tertiary/aromatic N) is 4. The van der Waals surface area contributed by atoms with Gasteiger partial charge in [-0.25, -0.2) is 4.98 Å². The van der Waals surface area contributed by atoms with Crippen molar-refractivity contribution in [2.45, 2.75) is 46.1 Å². The van der Waals surface area contributed by atoms with Crippen LogP contribution in [0.1, 0.15) is 45.4 Å². The molecule has 3 rings (SSSR count). The molecule has 1 fully saturated rings. The highest BCUT2D eigenvalue weighted by atomic mass is 16.2. The molecule has 1 aliphatic heterocycles. The van der Waals surface area contributed by atoms with Gasteiger partial charge in [-0.1, -0.05) is 25.5 Å². The number of carbonyl (C=O) groups excluding carboxylic acids is 1. The molecule has 0 aliphatic carbocycles. The number of hydrogen-bond donors (Lipinski definition) is 0. The number of aryl methyl sites for hydroxylation is 1. The molecule has 142 valence electrons. The molecule has 1 aliphatic rings. The molecular formula is C21H32N4O. The van der Waals surface area contributed by atoms with E-state index in [9.17, 15) is 4.79 Å². The lowest BCUT2D eigenvalue weighted by molar-refractivity contribution is -0.137. The number of piperidine rings is 1. The van der Waals surface area contributed by atoms with Crippen LogP contribution in [-0.2, 0) is 18.4 Å². The monoisotopic (exact) mass is 356 g/mol. The Morgan fingerprint density at radius 3 is 2.62 bits per heavy atom. The second-order valence-electron chi connectivity index (χ2n) is 7.40. The lowest BCUT2D eigenvalue weighted by Crippen LogP contribution is -2.42. The van der Waals surface area contributed by atoms with Gasteiger partial charge in [0.25, 0.3) is 0 Å². The molecule has 0 spiro atoms. The molecule has 0 radical (unpaired) electrons. The zero-order valence-corrected chi connectivity index (χ0v) is 16.4. The van der Waals surface area contributed by atoms with Crippen LogP contribution in [-0.4, -0.2) is 51.4 Å². The maximum absolute atomic E-state index is 12.8. The summed E-state index contributed by atoms with van der Waals surface area (Å²) in [6.45, 7) is 8.83. The number of hydrogen-bond acceptors (Lipinski definition) is 3. The van der Waals surface area contributed by atoms with E-state index in [1.165, 1.54) is 5.52 Å². The van der Waals surface area contributed by atoms with Crippen LogP contribution in [0.4, 0.5) is 0 Å². The minimum atomic E-state index is 0.198. The molecule has 1 saturated heterocycles. The van der Waals surface area contributed by atoms with Gasteiger partial charge in [-0.3, -0.25) is 9.69 Å². The maximum atomic E-state index is 12.8. The fraction of sp³-hybridized carbons (Fsp3) is 0.619. The standard InChI is InChI=1S/C21H32N4O/c1-4-6-13-25(5-2)21(26)17-11-14-24(15-12-17)16-20-22-18-9-7-8-10-19(18)23(20)3/h7-10,17H,4-6,11-16H2,1-3H3. The molecule has 5 nitrogen and oxygen atoms in total. The Balaban J connectivity index is 1.56. The van der Waals surface area contributed by atoms with Gasteiger partial charge in [0, 0.05) is 26.1 Å². The van der Waals surface area contributed by atoms with Gasteiger partial charge >= 0.3 is 0 Å². The molecule has 5 heteroatoms. The normalized spacial score (nSPS) is 16.3. The van der Waals surface area contributed by atoms with E-state index in [1.54, 1.807) is 0 Å². The number of aromatic nitrogens is 2. The second-order valence-corrected chi connectivity index (χ2v) is 7.40. The molecule has 0 unspecified atom stereocenters. The molecule has 2 heterocycles. The number of rotatable bonds is 7. The van der Waals surface area contributed by atoms with E-state index in [2.05, 4.69) is 53.5 Å². The lowest BCUT2D eigenvalue weighted by atomic mass is 9.95. The van der Waals surface area contributed by atoms with E-state index in [0.717, 1.165) is 69.7 Å². The maximum Gasteiger partial charge on any atom is 0.225 e. The Bertz CT molecular complexity index is 731. The molecule has 1 aromatic carbocycles. The first kappa shape index (κ1) is 18.9. The summed E-state index contributed by atoms with van der Waals surface area (Å²) in [6.07, 6.45) is 4.17. The smallest absolute Gasteiger partial charge is 0.225 e. The molecule has 1 aromatic heterocycles. The summed E-state index contributed by atoms with van der Waals surface area (Å²) < 4.78 is 2.19. The van der Waals surface area contributed by atoms with Gasteiger partial charge in [-0.05, 0) is 51.4 Å². The zero-order chi connectivity index (χ0) is 18.5. The Morgan fingerprint density at radius 1 is 1.23 bits per heavy atom. The van der Waals surface area contributed by atoms with E-state index in [0.29, 0.717) is 5.91 Å². The Morgan fingerprint density at radius 2 is 1.96 bits per heavy atom. The summed E-state index contributed by atoms with van der Waals surface area (Å²) in [5, 5.41) is 0. The molecule has 0 N–H and O–H groups in total. The van der Waals surface area contributed by atoms with E-state index in [-0.39, 0.29) is 5.92 Å². The highest BCUT2D eigenvalue weighted by Crippen LogP contribution is 2.22. The third-order valence-electron chi connectivity index (χ3n) is 5.66. The number of para-hydroxylation sites is 2. The van der Waals surface area contributed by atoms with Crippen molar-refractivity contribution >= 4 is 16.9 Å². The van der Waals surface area contributed by atoms with Crippen molar-refractivity contribution in [3.63, 3.8) is 0 Å². The average molecular weight is 357 g/mol. The van der Waals surface area contributed by atoms with Gasteiger partial charge in [0.05, 0.1) is 17.6 Å². The van der Waals surface area contributed by atoms with E-state index in [4.69, 9.17) is 4.98 Å². The summed E-state index contributed by atoms with van der Waals surface area (Å²) in [5.41, 5.74) is 2.24. The Labute approximate surface area is 157 Å². The fourth-order valence-electron chi connectivity index (χ4n) is 3.91. The quantitative estimate of drug-likeness (QED) is 0.763. The predicted molar refractivity (Wildman–Crippen MR) is 106 cm³/mol. The molecule has 2 aromatic rings. The van der Waals surface area contributed by atoms with Crippen molar-refractivity contribution in [3.8, 4) is 0 Å². The summed E-state index contributed by atoms with van der Waals surface area (Å²) >= 11 is 0. The molecular weight excluding hydrogens is 324 g/mol. The Hall–Kier alpha value is -1.88. The van der Waals surface area contributed by atoms with Crippen molar-refractivity contribution < 1.29 is 4.79 Å². The topological polar surface area (TPSA) is 41.4 Å². The lowest BCUT2D eigenvalue weighted by Gasteiger charge is -2.33. The molecule has 1 amide bonds. The third kappa shape index (κ3) is 4.09. The third-order valence-corrected chi connectivity index (χ3v) is 5.66.